The number of likely N-dealkylation sites (N-methyl/N-ethyl adjacent to an activating group) is 1. The summed E-state index contributed by atoms with van der Waals surface area (Å²) >= 11 is 0. The van der Waals surface area contributed by atoms with Crippen molar-refractivity contribution in [1.29, 1.82) is 0 Å². The first kappa shape index (κ1) is 13.8. The van der Waals surface area contributed by atoms with E-state index < -0.39 is 6.10 Å². The van der Waals surface area contributed by atoms with E-state index in [1.165, 1.54) is 0 Å². The average molecular weight is 238 g/mol. The van der Waals surface area contributed by atoms with Gasteiger partial charge in [0.05, 0.1) is 5.69 Å². The van der Waals surface area contributed by atoms with Gasteiger partial charge in [0.2, 0.25) is 0 Å². The molecule has 17 heavy (non-hydrogen) atoms. The van der Waals surface area contributed by atoms with Gasteiger partial charge in [0, 0.05) is 6.54 Å². The Bertz CT molecular complexity index is 331. The van der Waals surface area contributed by atoms with Gasteiger partial charge in [-0.15, -0.1) is 0 Å². The number of aliphatic hydroxyl groups is 1. The number of para-hydroxylation sites is 2. The van der Waals surface area contributed by atoms with E-state index in [1.54, 1.807) is 12.1 Å². The molecule has 0 aliphatic rings. The smallest absolute Gasteiger partial charge is 0.142 e. The van der Waals surface area contributed by atoms with Gasteiger partial charge in [-0.25, -0.2) is 0 Å². The molecule has 0 saturated heterocycles. The Labute approximate surface area is 103 Å². The minimum Gasteiger partial charge on any atom is -0.489 e. The zero-order valence-corrected chi connectivity index (χ0v) is 10.6. The Morgan fingerprint density at radius 1 is 1.41 bits per heavy atom. The van der Waals surface area contributed by atoms with Crippen molar-refractivity contribution >= 4 is 5.69 Å². The Kier molecular flexibility index (Phi) is 5.80. The van der Waals surface area contributed by atoms with Gasteiger partial charge in [-0.2, -0.15) is 0 Å². The van der Waals surface area contributed by atoms with Crippen LogP contribution in [0.2, 0.25) is 0 Å². The van der Waals surface area contributed by atoms with E-state index in [0.29, 0.717) is 18.0 Å². The van der Waals surface area contributed by atoms with E-state index in [1.807, 2.05) is 19.2 Å². The highest BCUT2D eigenvalue weighted by Gasteiger charge is 2.09. The van der Waals surface area contributed by atoms with Crippen molar-refractivity contribution in [3.05, 3.63) is 24.3 Å². The molecule has 0 radical (unpaired) electrons. The lowest BCUT2D eigenvalue weighted by atomic mass is 10.3. The second-order valence-electron chi connectivity index (χ2n) is 4.26. The van der Waals surface area contributed by atoms with Gasteiger partial charge in [-0.1, -0.05) is 19.1 Å². The maximum Gasteiger partial charge on any atom is 0.142 e. The number of nitrogen functional groups attached to an aromatic ring is 1. The highest BCUT2D eigenvalue weighted by atomic mass is 16.5. The van der Waals surface area contributed by atoms with Crippen LogP contribution in [0.4, 0.5) is 5.69 Å². The fraction of sp³-hybridized carbons (Fsp3) is 0.538. The van der Waals surface area contributed by atoms with Crippen molar-refractivity contribution in [3.8, 4) is 5.75 Å². The van der Waals surface area contributed by atoms with Crippen molar-refractivity contribution in [2.24, 2.45) is 0 Å². The van der Waals surface area contributed by atoms with Gasteiger partial charge in [0.1, 0.15) is 18.5 Å². The molecule has 4 heteroatoms. The highest BCUT2D eigenvalue weighted by Crippen LogP contribution is 2.19. The second-order valence-corrected chi connectivity index (χ2v) is 4.26. The van der Waals surface area contributed by atoms with E-state index >= 15 is 0 Å². The molecule has 4 nitrogen and oxygen atoms in total. The van der Waals surface area contributed by atoms with E-state index in [9.17, 15) is 5.11 Å². The summed E-state index contributed by atoms with van der Waals surface area (Å²) in [5.41, 5.74) is 6.34. The van der Waals surface area contributed by atoms with Crippen LogP contribution in [0.15, 0.2) is 24.3 Å². The Hall–Kier alpha value is -1.26. The van der Waals surface area contributed by atoms with Crippen molar-refractivity contribution in [2.45, 2.75) is 19.4 Å². The third-order valence-electron chi connectivity index (χ3n) is 2.48. The van der Waals surface area contributed by atoms with Gasteiger partial charge in [0.15, 0.2) is 0 Å². The maximum absolute atomic E-state index is 9.79. The summed E-state index contributed by atoms with van der Waals surface area (Å²) in [6.07, 6.45) is 0.585. The van der Waals surface area contributed by atoms with Crippen LogP contribution >= 0.6 is 0 Å². The summed E-state index contributed by atoms with van der Waals surface area (Å²) in [4.78, 5) is 2.09. The van der Waals surface area contributed by atoms with E-state index in [-0.39, 0.29) is 6.61 Å². The van der Waals surface area contributed by atoms with Crippen molar-refractivity contribution in [1.82, 2.24) is 4.90 Å². The molecule has 0 aliphatic heterocycles. The number of hydrogen-bond donors (Lipinski definition) is 2. The molecule has 0 saturated carbocycles. The van der Waals surface area contributed by atoms with Crippen LogP contribution in [0.5, 0.6) is 5.75 Å². The Morgan fingerprint density at radius 3 is 2.76 bits per heavy atom. The third kappa shape index (κ3) is 5.06. The summed E-state index contributed by atoms with van der Waals surface area (Å²) in [5, 5.41) is 9.79. The molecule has 1 unspecified atom stereocenters. The molecular weight excluding hydrogens is 216 g/mol. The predicted octanol–water partition coefficient (Wildman–Crippen LogP) is 1.35. The second kappa shape index (κ2) is 7.14. The van der Waals surface area contributed by atoms with Crippen molar-refractivity contribution < 1.29 is 9.84 Å². The van der Waals surface area contributed by atoms with Crippen molar-refractivity contribution in [2.75, 3.05) is 32.5 Å². The lowest BCUT2D eigenvalue weighted by Crippen LogP contribution is -2.33. The molecule has 0 fully saturated rings. The molecule has 1 rings (SSSR count). The maximum atomic E-state index is 9.79. The topological polar surface area (TPSA) is 58.7 Å². The molecular formula is C13H22N2O2. The largest absolute Gasteiger partial charge is 0.489 e. The third-order valence-corrected chi connectivity index (χ3v) is 2.48. The monoisotopic (exact) mass is 238 g/mol. The molecule has 0 aliphatic carbocycles. The molecule has 0 spiro atoms. The number of nitrogens with zero attached hydrogens (tertiary/aromatic N) is 1. The van der Waals surface area contributed by atoms with Gasteiger partial charge in [-0.05, 0) is 32.1 Å². The summed E-state index contributed by atoms with van der Waals surface area (Å²) in [6, 6.07) is 7.30. The molecule has 0 bridgehead atoms. The van der Waals surface area contributed by atoms with Gasteiger partial charge in [0.25, 0.3) is 0 Å². The van der Waals surface area contributed by atoms with Gasteiger partial charge in [-0.3, -0.25) is 0 Å². The molecule has 96 valence electrons. The molecule has 0 heterocycles. The van der Waals surface area contributed by atoms with Crippen molar-refractivity contribution in [3.63, 3.8) is 0 Å². The highest BCUT2D eigenvalue weighted by molar-refractivity contribution is 5.51. The zero-order valence-electron chi connectivity index (χ0n) is 10.6. The molecule has 1 aromatic rings. The number of nitrogens with two attached hydrogens (primary N) is 1. The number of hydrogen-bond acceptors (Lipinski definition) is 4. The van der Waals surface area contributed by atoms with E-state index in [2.05, 4.69) is 11.8 Å². The number of benzene rings is 1. The summed E-state index contributed by atoms with van der Waals surface area (Å²) in [7, 11) is 1.99. The van der Waals surface area contributed by atoms with E-state index in [4.69, 9.17) is 10.5 Å². The van der Waals surface area contributed by atoms with Gasteiger partial charge < -0.3 is 20.5 Å². The fourth-order valence-corrected chi connectivity index (χ4v) is 1.68. The first-order chi connectivity index (χ1) is 8.13. The Balaban J connectivity index is 2.33. The summed E-state index contributed by atoms with van der Waals surface area (Å²) in [5.74, 6) is 0.629. The summed E-state index contributed by atoms with van der Waals surface area (Å²) in [6.45, 7) is 3.97. The zero-order chi connectivity index (χ0) is 12.7. The molecule has 1 aromatic carbocycles. The van der Waals surface area contributed by atoms with Crippen LogP contribution in [0.25, 0.3) is 0 Å². The first-order valence-corrected chi connectivity index (χ1v) is 5.97. The lowest BCUT2D eigenvalue weighted by Gasteiger charge is -2.20. The number of anilines is 1. The van der Waals surface area contributed by atoms with Crippen LogP contribution in [0, 0.1) is 0 Å². The quantitative estimate of drug-likeness (QED) is 0.704. The van der Waals surface area contributed by atoms with Gasteiger partial charge >= 0.3 is 0 Å². The molecule has 1 atom stereocenters. The number of ether oxygens (including phenoxy) is 1. The molecule has 0 aromatic heterocycles. The lowest BCUT2D eigenvalue weighted by molar-refractivity contribution is 0.0767. The van der Waals surface area contributed by atoms with Crippen LogP contribution in [-0.4, -0.2) is 42.9 Å². The Morgan fingerprint density at radius 2 is 2.12 bits per heavy atom. The predicted molar refractivity (Wildman–Crippen MR) is 70.1 cm³/mol. The average Bonchev–Trinajstić information content (AvgIpc) is 2.28. The molecule has 3 N–H and O–H groups in total. The fourth-order valence-electron chi connectivity index (χ4n) is 1.68. The van der Waals surface area contributed by atoms with Crippen LogP contribution in [0.1, 0.15) is 13.3 Å². The first-order valence-electron chi connectivity index (χ1n) is 5.97. The molecule has 0 amide bonds. The minimum absolute atomic E-state index is 0.266. The van der Waals surface area contributed by atoms with Crippen LogP contribution < -0.4 is 10.5 Å². The number of aliphatic hydroxyl groups excluding tert-OH is 1. The van der Waals surface area contributed by atoms with Crippen LogP contribution in [0.3, 0.4) is 0 Å². The standard InChI is InChI=1S/C13H22N2O2/c1-3-8-15(2)9-11(16)10-17-13-7-5-4-6-12(13)14/h4-7,11,16H,3,8-10,14H2,1-2H3. The number of rotatable bonds is 7. The van der Waals surface area contributed by atoms with E-state index in [0.717, 1.165) is 13.0 Å². The SMILES string of the molecule is CCCN(C)CC(O)COc1ccccc1N. The minimum atomic E-state index is -0.494. The normalized spacial score (nSPS) is 12.7. The summed E-state index contributed by atoms with van der Waals surface area (Å²) < 4.78 is 5.48. The van der Waals surface area contributed by atoms with Crippen LogP contribution in [-0.2, 0) is 0 Å².